The van der Waals surface area contributed by atoms with Crippen LogP contribution in [-0.2, 0) is 16.0 Å². The number of hydrogen-bond donors (Lipinski definition) is 0. The largest absolute Gasteiger partial charge is 0.451 e. The molecule has 3 rings (SSSR count). The first kappa shape index (κ1) is 19.5. The van der Waals surface area contributed by atoms with Gasteiger partial charge in [0.2, 0.25) is 0 Å². The van der Waals surface area contributed by atoms with Crippen LogP contribution in [0, 0.1) is 12.8 Å². The molecule has 0 spiro atoms. The van der Waals surface area contributed by atoms with Crippen molar-refractivity contribution < 1.29 is 14.3 Å². The smallest absolute Gasteiger partial charge is 0.350 e. The zero-order chi connectivity index (χ0) is 19.4. The number of rotatable bonds is 5. The van der Waals surface area contributed by atoms with E-state index in [-0.39, 0.29) is 12.5 Å². The van der Waals surface area contributed by atoms with Gasteiger partial charge in [0, 0.05) is 18.7 Å². The number of aromatic nitrogens is 1. The number of ether oxygens (including phenoxy) is 1. The number of hydrogen-bond acceptors (Lipinski definition) is 5. The number of aryl methyl sites for hydroxylation is 2. The summed E-state index contributed by atoms with van der Waals surface area (Å²) in [5.41, 5.74) is 2.88. The van der Waals surface area contributed by atoms with Crippen molar-refractivity contribution in [1.82, 2.24) is 9.88 Å². The highest BCUT2D eigenvalue weighted by molar-refractivity contribution is 7.17. The normalized spacial score (nSPS) is 17.0. The SMILES string of the molecule is CCc1ccc(-c2nc(C)c(C(=O)OCC(=O)N3CCC[C@@H](C)C3)s2)cc1. The molecular formula is C21H26N2O3S. The second-order valence-electron chi connectivity index (χ2n) is 7.15. The highest BCUT2D eigenvalue weighted by Crippen LogP contribution is 2.28. The first-order chi connectivity index (χ1) is 13.0. The van der Waals surface area contributed by atoms with Crippen molar-refractivity contribution in [2.75, 3.05) is 19.7 Å². The van der Waals surface area contributed by atoms with Crippen molar-refractivity contribution in [3.05, 3.63) is 40.4 Å². The minimum Gasteiger partial charge on any atom is -0.451 e. The number of benzene rings is 1. The predicted molar refractivity (Wildman–Crippen MR) is 107 cm³/mol. The van der Waals surface area contributed by atoms with Gasteiger partial charge < -0.3 is 9.64 Å². The van der Waals surface area contributed by atoms with Crippen LogP contribution >= 0.6 is 11.3 Å². The van der Waals surface area contributed by atoms with Crippen LogP contribution in [0.25, 0.3) is 10.6 Å². The van der Waals surface area contributed by atoms with E-state index in [0.29, 0.717) is 16.5 Å². The lowest BCUT2D eigenvalue weighted by Gasteiger charge is -2.30. The summed E-state index contributed by atoms with van der Waals surface area (Å²) < 4.78 is 5.29. The molecule has 1 aliphatic rings. The lowest BCUT2D eigenvalue weighted by molar-refractivity contribution is -0.136. The molecule has 2 heterocycles. The summed E-state index contributed by atoms with van der Waals surface area (Å²) in [5.74, 6) is -0.0870. The number of nitrogens with zero attached hydrogens (tertiary/aromatic N) is 2. The van der Waals surface area contributed by atoms with E-state index >= 15 is 0 Å². The molecule has 0 bridgehead atoms. The summed E-state index contributed by atoms with van der Waals surface area (Å²) in [4.78, 5) is 31.5. The minimum atomic E-state index is -0.472. The summed E-state index contributed by atoms with van der Waals surface area (Å²) in [6.07, 6.45) is 3.14. The van der Waals surface area contributed by atoms with Crippen LogP contribution in [-0.4, -0.2) is 41.5 Å². The average molecular weight is 387 g/mol. The number of piperidine rings is 1. The molecule has 1 aromatic carbocycles. The standard InChI is InChI=1S/C21H26N2O3S/c1-4-16-7-9-17(10-8-16)20-22-15(3)19(27-20)21(25)26-13-18(24)23-11-5-6-14(2)12-23/h7-10,14H,4-6,11-13H2,1-3H3/t14-/m1/s1. The van der Waals surface area contributed by atoms with E-state index in [0.717, 1.165) is 42.9 Å². The maximum absolute atomic E-state index is 12.4. The van der Waals surface area contributed by atoms with Crippen LogP contribution in [0.5, 0.6) is 0 Å². The number of thiazole rings is 1. The van der Waals surface area contributed by atoms with Gasteiger partial charge in [0.15, 0.2) is 6.61 Å². The van der Waals surface area contributed by atoms with E-state index in [1.54, 1.807) is 11.8 Å². The van der Waals surface area contributed by atoms with E-state index < -0.39 is 5.97 Å². The van der Waals surface area contributed by atoms with Crippen LogP contribution in [0.2, 0.25) is 0 Å². The van der Waals surface area contributed by atoms with Gasteiger partial charge in [-0.1, -0.05) is 38.1 Å². The monoisotopic (exact) mass is 386 g/mol. The number of carbonyl (C=O) groups excluding carboxylic acids is 2. The predicted octanol–water partition coefficient (Wildman–Crippen LogP) is 4.10. The molecule has 0 radical (unpaired) electrons. The van der Waals surface area contributed by atoms with Crippen molar-refractivity contribution in [2.45, 2.75) is 40.0 Å². The van der Waals surface area contributed by atoms with Crippen molar-refractivity contribution in [3.8, 4) is 10.6 Å². The second kappa shape index (κ2) is 8.65. The average Bonchev–Trinajstić information content (AvgIpc) is 3.07. The van der Waals surface area contributed by atoms with Crippen molar-refractivity contribution in [2.24, 2.45) is 5.92 Å². The third-order valence-electron chi connectivity index (χ3n) is 4.93. The Bertz CT molecular complexity index is 813. The van der Waals surface area contributed by atoms with E-state index in [1.807, 2.05) is 12.1 Å². The highest BCUT2D eigenvalue weighted by atomic mass is 32.1. The molecule has 1 amide bonds. The Balaban J connectivity index is 1.63. The number of carbonyl (C=O) groups is 2. The Hall–Kier alpha value is -2.21. The van der Waals surface area contributed by atoms with Crippen LogP contribution < -0.4 is 0 Å². The molecule has 27 heavy (non-hydrogen) atoms. The molecule has 0 aliphatic carbocycles. The molecule has 0 saturated carbocycles. The van der Waals surface area contributed by atoms with Crippen molar-refractivity contribution in [3.63, 3.8) is 0 Å². The van der Waals surface area contributed by atoms with Gasteiger partial charge in [0.25, 0.3) is 5.91 Å². The molecule has 0 N–H and O–H groups in total. The molecule has 6 heteroatoms. The molecule has 144 valence electrons. The molecular weight excluding hydrogens is 360 g/mol. The Morgan fingerprint density at radius 3 is 2.70 bits per heavy atom. The summed E-state index contributed by atoms with van der Waals surface area (Å²) in [6, 6.07) is 8.19. The van der Waals surface area contributed by atoms with Crippen molar-refractivity contribution in [1.29, 1.82) is 0 Å². The van der Waals surface area contributed by atoms with Crippen LogP contribution in [0.1, 0.15) is 47.6 Å². The van der Waals surface area contributed by atoms with E-state index in [9.17, 15) is 9.59 Å². The lowest BCUT2D eigenvalue weighted by atomic mass is 10.0. The van der Waals surface area contributed by atoms with E-state index in [2.05, 4.69) is 31.0 Å². The van der Waals surface area contributed by atoms with Crippen LogP contribution in [0.3, 0.4) is 0 Å². The van der Waals surface area contributed by atoms with E-state index in [4.69, 9.17) is 4.74 Å². The third-order valence-corrected chi connectivity index (χ3v) is 6.11. The van der Waals surface area contributed by atoms with Gasteiger partial charge in [0.1, 0.15) is 9.88 Å². The summed E-state index contributed by atoms with van der Waals surface area (Å²) in [7, 11) is 0. The molecule has 1 fully saturated rings. The molecule has 1 saturated heterocycles. The quantitative estimate of drug-likeness (QED) is 0.726. The highest BCUT2D eigenvalue weighted by Gasteiger charge is 2.23. The molecule has 2 aromatic rings. The Morgan fingerprint density at radius 1 is 1.30 bits per heavy atom. The zero-order valence-corrected chi connectivity index (χ0v) is 17.0. The number of likely N-dealkylation sites (tertiary alicyclic amines) is 1. The van der Waals surface area contributed by atoms with Crippen LogP contribution in [0.15, 0.2) is 24.3 Å². The summed E-state index contributed by atoms with van der Waals surface area (Å²) in [5, 5.41) is 0.790. The maximum Gasteiger partial charge on any atom is 0.350 e. The third kappa shape index (κ3) is 4.75. The molecule has 1 atom stereocenters. The second-order valence-corrected chi connectivity index (χ2v) is 8.15. The number of amides is 1. The minimum absolute atomic E-state index is 0.118. The fourth-order valence-electron chi connectivity index (χ4n) is 3.29. The topological polar surface area (TPSA) is 59.5 Å². The summed E-state index contributed by atoms with van der Waals surface area (Å²) in [6.45, 7) is 7.34. The maximum atomic E-state index is 12.4. The van der Waals surface area contributed by atoms with Crippen molar-refractivity contribution >= 4 is 23.2 Å². The Morgan fingerprint density at radius 2 is 2.04 bits per heavy atom. The van der Waals surface area contributed by atoms with Gasteiger partial charge in [-0.05, 0) is 37.7 Å². The molecule has 0 unspecified atom stereocenters. The van der Waals surface area contributed by atoms with E-state index in [1.165, 1.54) is 16.9 Å². The lowest BCUT2D eigenvalue weighted by Crippen LogP contribution is -2.41. The van der Waals surface area contributed by atoms with Gasteiger partial charge in [-0.15, -0.1) is 11.3 Å². The molecule has 1 aliphatic heterocycles. The fraction of sp³-hybridized carbons (Fsp3) is 0.476. The van der Waals surface area contributed by atoms with Crippen LogP contribution in [0.4, 0.5) is 0 Å². The molecule has 5 nitrogen and oxygen atoms in total. The van der Waals surface area contributed by atoms with Gasteiger partial charge in [-0.25, -0.2) is 9.78 Å². The fourth-order valence-corrected chi connectivity index (χ4v) is 4.26. The first-order valence-electron chi connectivity index (χ1n) is 9.49. The first-order valence-corrected chi connectivity index (χ1v) is 10.3. The summed E-state index contributed by atoms with van der Waals surface area (Å²) >= 11 is 1.31. The van der Waals surface area contributed by atoms with Gasteiger partial charge in [-0.3, -0.25) is 4.79 Å². The number of esters is 1. The van der Waals surface area contributed by atoms with Gasteiger partial charge >= 0.3 is 5.97 Å². The molecule has 1 aromatic heterocycles. The Kier molecular flexibility index (Phi) is 6.26. The zero-order valence-electron chi connectivity index (χ0n) is 16.2. The van der Waals surface area contributed by atoms with Gasteiger partial charge in [0.05, 0.1) is 5.69 Å². The van der Waals surface area contributed by atoms with Gasteiger partial charge in [-0.2, -0.15) is 0 Å². The Labute approximate surface area is 164 Å².